The van der Waals surface area contributed by atoms with Crippen molar-refractivity contribution >= 4 is 29.2 Å². The van der Waals surface area contributed by atoms with E-state index in [2.05, 4.69) is 5.10 Å². The largest absolute Gasteiger partial charge is 0.382 e. The number of fused-ring (bicyclic) bond motifs is 1. The molecule has 5 nitrogen and oxygen atoms in total. The van der Waals surface area contributed by atoms with Crippen molar-refractivity contribution < 1.29 is 4.79 Å². The molecule has 0 saturated carbocycles. The Bertz CT molecular complexity index is 610. The summed E-state index contributed by atoms with van der Waals surface area (Å²) < 4.78 is 1.57. The fourth-order valence-corrected chi connectivity index (χ4v) is 3.11. The molecular formula is C13H14N4OS. The number of nitrogen functional groups attached to an aromatic ring is 1. The van der Waals surface area contributed by atoms with E-state index < -0.39 is 0 Å². The van der Waals surface area contributed by atoms with Gasteiger partial charge in [-0.3, -0.25) is 9.48 Å². The number of benzene rings is 1. The fourth-order valence-electron chi connectivity index (χ4n) is 2.12. The van der Waals surface area contributed by atoms with Crippen molar-refractivity contribution in [3.8, 4) is 0 Å². The molecule has 1 aliphatic heterocycles. The smallest absolute Gasteiger partial charge is 0.248 e. The molecule has 2 N–H and O–H groups in total. The quantitative estimate of drug-likeness (QED) is 0.903. The van der Waals surface area contributed by atoms with Gasteiger partial charge in [0.1, 0.15) is 12.4 Å². The Balaban J connectivity index is 1.81. The molecule has 0 unspecified atom stereocenters. The summed E-state index contributed by atoms with van der Waals surface area (Å²) in [5, 5.41) is 4.04. The molecule has 19 heavy (non-hydrogen) atoms. The average molecular weight is 274 g/mol. The first kappa shape index (κ1) is 12.1. The van der Waals surface area contributed by atoms with E-state index in [9.17, 15) is 4.79 Å². The highest BCUT2D eigenvalue weighted by Crippen LogP contribution is 2.34. The van der Waals surface area contributed by atoms with Crippen LogP contribution >= 0.6 is 11.8 Å². The topological polar surface area (TPSA) is 64.2 Å². The third kappa shape index (κ3) is 2.44. The molecule has 98 valence electrons. The third-order valence-electron chi connectivity index (χ3n) is 2.99. The number of rotatable bonds is 2. The Morgan fingerprint density at radius 1 is 1.37 bits per heavy atom. The molecule has 2 aromatic rings. The van der Waals surface area contributed by atoms with E-state index in [0.717, 1.165) is 22.9 Å². The summed E-state index contributed by atoms with van der Waals surface area (Å²) >= 11 is 1.78. The van der Waals surface area contributed by atoms with Gasteiger partial charge in [0.15, 0.2) is 0 Å². The van der Waals surface area contributed by atoms with Gasteiger partial charge in [0.05, 0.1) is 5.69 Å². The SMILES string of the molecule is Nc1ccn(CC(=O)N2CCSc3ccccc32)n1. The number of nitrogens with two attached hydrogens (primary N) is 1. The summed E-state index contributed by atoms with van der Waals surface area (Å²) in [6, 6.07) is 9.67. The minimum Gasteiger partial charge on any atom is -0.382 e. The zero-order valence-corrected chi connectivity index (χ0v) is 11.1. The van der Waals surface area contributed by atoms with Crippen LogP contribution in [0.15, 0.2) is 41.4 Å². The summed E-state index contributed by atoms with van der Waals surface area (Å²) in [7, 11) is 0. The summed E-state index contributed by atoms with van der Waals surface area (Å²) in [5.41, 5.74) is 6.54. The third-order valence-corrected chi connectivity index (χ3v) is 4.03. The molecule has 1 aliphatic rings. The molecule has 1 aromatic heterocycles. The van der Waals surface area contributed by atoms with Crippen molar-refractivity contribution in [1.29, 1.82) is 0 Å². The molecule has 0 atom stereocenters. The summed E-state index contributed by atoms with van der Waals surface area (Å²) in [6.45, 7) is 0.952. The van der Waals surface area contributed by atoms with Crippen LogP contribution in [0.4, 0.5) is 11.5 Å². The van der Waals surface area contributed by atoms with Crippen LogP contribution in [0.5, 0.6) is 0 Å². The Kier molecular flexibility index (Phi) is 3.16. The zero-order chi connectivity index (χ0) is 13.2. The van der Waals surface area contributed by atoms with Crippen molar-refractivity contribution in [3.63, 3.8) is 0 Å². The Labute approximate surface area is 115 Å². The maximum atomic E-state index is 12.4. The molecule has 1 amide bonds. The second-order valence-electron chi connectivity index (χ2n) is 4.30. The molecular weight excluding hydrogens is 260 g/mol. The Morgan fingerprint density at radius 3 is 3.00 bits per heavy atom. The molecule has 0 aliphatic carbocycles. The number of nitrogens with zero attached hydrogens (tertiary/aromatic N) is 3. The predicted molar refractivity (Wildman–Crippen MR) is 76.2 cm³/mol. The number of thioether (sulfide) groups is 1. The minimum absolute atomic E-state index is 0.0378. The maximum absolute atomic E-state index is 12.4. The van der Waals surface area contributed by atoms with Crippen LogP contribution in [0.1, 0.15) is 0 Å². The van der Waals surface area contributed by atoms with E-state index >= 15 is 0 Å². The highest BCUT2D eigenvalue weighted by molar-refractivity contribution is 7.99. The lowest BCUT2D eigenvalue weighted by Crippen LogP contribution is -2.37. The normalized spacial score (nSPS) is 14.2. The van der Waals surface area contributed by atoms with Gasteiger partial charge < -0.3 is 10.6 Å². The van der Waals surface area contributed by atoms with Crippen molar-refractivity contribution in [3.05, 3.63) is 36.5 Å². The number of para-hydroxylation sites is 1. The van der Waals surface area contributed by atoms with Crippen molar-refractivity contribution in [2.24, 2.45) is 0 Å². The highest BCUT2D eigenvalue weighted by atomic mass is 32.2. The zero-order valence-electron chi connectivity index (χ0n) is 10.3. The van der Waals surface area contributed by atoms with Crippen molar-refractivity contribution in [1.82, 2.24) is 9.78 Å². The van der Waals surface area contributed by atoms with Crippen LogP contribution in [0.2, 0.25) is 0 Å². The van der Waals surface area contributed by atoms with Crippen molar-refractivity contribution in [2.75, 3.05) is 22.9 Å². The lowest BCUT2D eigenvalue weighted by Gasteiger charge is -2.28. The summed E-state index contributed by atoms with van der Waals surface area (Å²) in [4.78, 5) is 15.3. The number of aromatic nitrogens is 2. The maximum Gasteiger partial charge on any atom is 0.248 e. The van der Waals surface area contributed by atoms with Gasteiger partial charge in [-0.2, -0.15) is 5.10 Å². The average Bonchev–Trinajstić information content (AvgIpc) is 2.83. The van der Waals surface area contributed by atoms with E-state index in [1.807, 2.05) is 29.2 Å². The molecule has 0 radical (unpaired) electrons. The molecule has 2 heterocycles. The Hall–Kier alpha value is -1.95. The number of anilines is 2. The van der Waals surface area contributed by atoms with Gasteiger partial charge in [0, 0.05) is 23.4 Å². The highest BCUT2D eigenvalue weighted by Gasteiger charge is 2.22. The first-order valence-electron chi connectivity index (χ1n) is 6.05. The standard InChI is InChI=1S/C13H14N4OS/c14-12-5-6-16(15-12)9-13(18)17-7-8-19-11-4-2-1-3-10(11)17/h1-6H,7-9H2,(H2,14,15). The monoisotopic (exact) mass is 274 g/mol. The minimum atomic E-state index is 0.0378. The second-order valence-corrected chi connectivity index (χ2v) is 5.44. The fraction of sp³-hybridized carbons (Fsp3) is 0.231. The summed E-state index contributed by atoms with van der Waals surface area (Å²) in [5.74, 6) is 1.39. The van der Waals surface area contributed by atoms with Gasteiger partial charge in [-0.25, -0.2) is 0 Å². The van der Waals surface area contributed by atoms with Crippen LogP contribution in [0.25, 0.3) is 0 Å². The molecule has 3 rings (SSSR count). The van der Waals surface area contributed by atoms with E-state index in [-0.39, 0.29) is 12.5 Å². The molecule has 0 fully saturated rings. The number of hydrogen-bond donors (Lipinski definition) is 1. The van der Waals surface area contributed by atoms with Crippen LogP contribution in [-0.2, 0) is 11.3 Å². The second kappa shape index (κ2) is 4.97. The number of carbonyl (C=O) groups excluding carboxylic acids is 1. The lowest BCUT2D eigenvalue weighted by atomic mass is 10.2. The summed E-state index contributed by atoms with van der Waals surface area (Å²) in [6.07, 6.45) is 1.72. The van der Waals surface area contributed by atoms with Gasteiger partial charge in [-0.05, 0) is 18.2 Å². The van der Waals surface area contributed by atoms with Gasteiger partial charge in [-0.1, -0.05) is 12.1 Å². The molecule has 0 saturated heterocycles. The van der Waals surface area contributed by atoms with Crippen LogP contribution < -0.4 is 10.6 Å². The molecule has 1 aromatic carbocycles. The molecule has 0 bridgehead atoms. The van der Waals surface area contributed by atoms with Gasteiger partial charge in [-0.15, -0.1) is 11.8 Å². The number of carbonyl (C=O) groups is 1. The predicted octanol–water partition coefficient (Wildman–Crippen LogP) is 1.60. The number of amides is 1. The lowest BCUT2D eigenvalue weighted by molar-refractivity contribution is -0.119. The van der Waals surface area contributed by atoms with E-state index in [0.29, 0.717) is 5.82 Å². The van der Waals surface area contributed by atoms with E-state index in [1.54, 1.807) is 28.7 Å². The van der Waals surface area contributed by atoms with Crippen LogP contribution in [0.3, 0.4) is 0 Å². The number of hydrogen-bond acceptors (Lipinski definition) is 4. The van der Waals surface area contributed by atoms with Crippen molar-refractivity contribution in [2.45, 2.75) is 11.4 Å². The molecule has 6 heteroatoms. The first-order chi connectivity index (χ1) is 9.24. The van der Waals surface area contributed by atoms with E-state index in [4.69, 9.17) is 5.73 Å². The van der Waals surface area contributed by atoms with Crippen LogP contribution in [-0.4, -0.2) is 28.0 Å². The van der Waals surface area contributed by atoms with Gasteiger partial charge in [0.2, 0.25) is 5.91 Å². The van der Waals surface area contributed by atoms with Crippen LogP contribution in [0, 0.1) is 0 Å². The molecule has 0 spiro atoms. The van der Waals surface area contributed by atoms with E-state index in [1.165, 1.54) is 0 Å². The first-order valence-corrected chi connectivity index (χ1v) is 7.04. The Morgan fingerprint density at radius 2 is 2.21 bits per heavy atom. The van der Waals surface area contributed by atoms with Gasteiger partial charge in [0.25, 0.3) is 0 Å². The van der Waals surface area contributed by atoms with Gasteiger partial charge >= 0.3 is 0 Å².